The second-order valence-electron chi connectivity index (χ2n) is 2.10. The van der Waals surface area contributed by atoms with Crippen molar-refractivity contribution in [2.45, 2.75) is 18.8 Å². The fourth-order valence-corrected chi connectivity index (χ4v) is 0.732. The van der Waals surface area contributed by atoms with Crippen molar-refractivity contribution >= 4 is 0 Å². The Bertz CT molecular complexity index is 165. The highest BCUT2D eigenvalue weighted by Crippen LogP contribution is 2.39. The molecule has 1 saturated carbocycles. The van der Waals surface area contributed by atoms with Gasteiger partial charge in [-0.3, -0.25) is 0 Å². The normalized spacial score (nSPS) is 19.0. The van der Waals surface area contributed by atoms with Crippen LogP contribution in [0.1, 0.15) is 24.5 Å². The molecular weight excluding hydrogens is 102 g/mol. The Kier molecular flexibility index (Phi) is 0.692. The Hall–Kier alpha value is -0.790. The standard InChI is InChI=1S/C6H6NO/c1-2-5(1)6-3-7-4-8-6/h4-5H,1-2H2. The van der Waals surface area contributed by atoms with Gasteiger partial charge in [0.2, 0.25) is 0 Å². The highest BCUT2D eigenvalue weighted by Gasteiger charge is 2.26. The molecule has 2 heteroatoms. The zero-order valence-electron chi connectivity index (χ0n) is 4.42. The first kappa shape index (κ1) is 4.13. The average Bonchev–Trinajstić information content (AvgIpc) is 2.49. The van der Waals surface area contributed by atoms with Crippen LogP contribution in [-0.4, -0.2) is 4.98 Å². The lowest BCUT2D eigenvalue weighted by atomic mass is 10.3. The summed E-state index contributed by atoms with van der Waals surface area (Å²) in [5.41, 5.74) is 0. The molecule has 0 amide bonds. The molecule has 1 radical (unpaired) electrons. The van der Waals surface area contributed by atoms with Gasteiger partial charge in [-0.25, -0.2) is 4.98 Å². The van der Waals surface area contributed by atoms with Gasteiger partial charge in [0.25, 0.3) is 0 Å². The quantitative estimate of drug-likeness (QED) is 0.542. The lowest BCUT2D eigenvalue weighted by molar-refractivity contribution is 0.505. The van der Waals surface area contributed by atoms with Crippen molar-refractivity contribution in [2.24, 2.45) is 0 Å². The summed E-state index contributed by atoms with van der Waals surface area (Å²) in [7, 11) is 0. The molecule has 1 fully saturated rings. The molecule has 0 spiro atoms. The Morgan fingerprint density at radius 3 is 3.12 bits per heavy atom. The predicted molar refractivity (Wildman–Crippen MR) is 27.3 cm³/mol. The first-order valence-corrected chi connectivity index (χ1v) is 2.78. The van der Waals surface area contributed by atoms with Crippen LogP contribution >= 0.6 is 0 Å². The van der Waals surface area contributed by atoms with Crippen molar-refractivity contribution in [2.75, 3.05) is 0 Å². The fourth-order valence-electron chi connectivity index (χ4n) is 0.732. The number of oxazole rings is 1. The molecule has 0 N–H and O–H groups in total. The van der Waals surface area contributed by atoms with Gasteiger partial charge in [0.1, 0.15) is 12.0 Å². The van der Waals surface area contributed by atoms with E-state index in [0.717, 1.165) is 5.76 Å². The largest absolute Gasteiger partial charge is 0.447 e. The second kappa shape index (κ2) is 1.34. The molecule has 1 aliphatic rings. The van der Waals surface area contributed by atoms with E-state index in [2.05, 4.69) is 11.2 Å². The first-order chi connectivity index (χ1) is 3.97. The Balaban J connectivity index is 2.28. The first-order valence-electron chi connectivity index (χ1n) is 2.78. The van der Waals surface area contributed by atoms with Crippen LogP contribution in [0, 0.1) is 6.20 Å². The third kappa shape index (κ3) is 0.529. The van der Waals surface area contributed by atoms with Crippen LogP contribution in [0.3, 0.4) is 0 Å². The van der Waals surface area contributed by atoms with E-state index in [4.69, 9.17) is 4.42 Å². The third-order valence-corrected chi connectivity index (χ3v) is 1.36. The van der Waals surface area contributed by atoms with E-state index in [1.807, 2.05) is 0 Å². The van der Waals surface area contributed by atoms with Crippen molar-refractivity contribution in [3.8, 4) is 0 Å². The van der Waals surface area contributed by atoms with Crippen molar-refractivity contribution in [3.63, 3.8) is 0 Å². The van der Waals surface area contributed by atoms with Gasteiger partial charge < -0.3 is 4.42 Å². The zero-order valence-corrected chi connectivity index (χ0v) is 4.42. The van der Waals surface area contributed by atoms with E-state index >= 15 is 0 Å². The number of aromatic nitrogens is 1. The molecule has 1 heterocycles. The van der Waals surface area contributed by atoms with Crippen LogP contribution in [-0.2, 0) is 0 Å². The summed E-state index contributed by atoms with van der Waals surface area (Å²) < 4.78 is 4.99. The van der Waals surface area contributed by atoms with E-state index in [1.165, 1.54) is 19.2 Å². The van der Waals surface area contributed by atoms with E-state index in [1.54, 1.807) is 0 Å². The summed E-state index contributed by atoms with van der Waals surface area (Å²) in [5.74, 6) is 1.59. The topological polar surface area (TPSA) is 26.0 Å². The maximum absolute atomic E-state index is 4.99. The summed E-state index contributed by atoms with van der Waals surface area (Å²) in [5, 5.41) is 0. The number of hydrogen-bond acceptors (Lipinski definition) is 2. The summed E-state index contributed by atoms with van der Waals surface area (Å²) in [6.07, 6.45) is 6.73. The summed E-state index contributed by atoms with van der Waals surface area (Å²) in [6, 6.07) is 0. The van der Waals surface area contributed by atoms with Crippen molar-refractivity contribution in [3.05, 3.63) is 18.4 Å². The van der Waals surface area contributed by atoms with Gasteiger partial charge in [-0.1, -0.05) is 0 Å². The van der Waals surface area contributed by atoms with E-state index in [-0.39, 0.29) is 0 Å². The molecule has 0 aliphatic heterocycles. The van der Waals surface area contributed by atoms with Crippen molar-refractivity contribution < 1.29 is 4.42 Å². The summed E-state index contributed by atoms with van der Waals surface area (Å²) >= 11 is 0. The molecule has 0 bridgehead atoms. The number of rotatable bonds is 1. The molecule has 41 valence electrons. The Labute approximate surface area is 47.5 Å². The highest BCUT2D eigenvalue weighted by atomic mass is 16.3. The van der Waals surface area contributed by atoms with Gasteiger partial charge in [-0.15, -0.1) is 0 Å². The van der Waals surface area contributed by atoms with Crippen molar-refractivity contribution in [1.82, 2.24) is 4.98 Å². The predicted octanol–water partition coefficient (Wildman–Crippen LogP) is 1.35. The zero-order chi connectivity index (χ0) is 5.40. The Morgan fingerprint density at radius 2 is 2.62 bits per heavy atom. The van der Waals surface area contributed by atoms with Gasteiger partial charge >= 0.3 is 0 Å². The Morgan fingerprint density at radius 1 is 1.75 bits per heavy atom. The SMILES string of the molecule is [c]1ncoc1C1CC1. The minimum atomic E-state index is 0.650. The lowest BCUT2D eigenvalue weighted by Crippen LogP contribution is -1.68. The number of nitrogens with zero attached hydrogens (tertiary/aromatic N) is 1. The molecule has 1 aliphatic carbocycles. The molecule has 1 aromatic rings. The van der Waals surface area contributed by atoms with E-state index in [0.29, 0.717) is 5.92 Å². The monoisotopic (exact) mass is 108 g/mol. The summed E-state index contributed by atoms with van der Waals surface area (Å²) in [4.78, 5) is 3.69. The average molecular weight is 108 g/mol. The van der Waals surface area contributed by atoms with Gasteiger partial charge in [-0.05, 0) is 12.8 Å². The van der Waals surface area contributed by atoms with Crippen LogP contribution in [0.2, 0.25) is 0 Å². The second-order valence-corrected chi connectivity index (χ2v) is 2.10. The van der Waals surface area contributed by atoms with Crippen LogP contribution in [0.4, 0.5) is 0 Å². The van der Waals surface area contributed by atoms with Crippen LogP contribution in [0.25, 0.3) is 0 Å². The maximum Gasteiger partial charge on any atom is 0.181 e. The van der Waals surface area contributed by atoms with E-state index < -0.39 is 0 Å². The van der Waals surface area contributed by atoms with Gasteiger partial charge in [0.15, 0.2) is 6.39 Å². The molecule has 1 aromatic heterocycles. The maximum atomic E-state index is 4.99. The van der Waals surface area contributed by atoms with Crippen LogP contribution in [0.5, 0.6) is 0 Å². The molecule has 0 saturated heterocycles. The van der Waals surface area contributed by atoms with Crippen LogP contribution in [0.15, 0.2) is 10.8 Å². The lowest BCUT2D eigenvalue weighted by Gasteiger charge is -1.79. The summed E-state index contributed by atoms with van der Waals surface area (Å²) in [6.45, 7) is 0. The van der Waals surface area contributed by atoms with Crippen molar-refractivity contribution in [1.29, 1.82) is 0 Å². The molecular formula is C6H6NO. The van der Waals surface area contributed by atoms with Gasteiger partial charge in [-0.2, -0.15) is 0 Å². The van der Waals surface area contributed by atoms with Gasteiger partial charge in [0, 0.05) is 5.92 Å². The van der Waals surface area contributed by atoms with Crippen LogP contribution < -0.4 is 0 Å². The molecule has 2 rings (SSSR count). The minimum Gasteiger partial charge on any atom is -0.447 e. The smallest absolute Gasteiger partial charge is 0.181 e. The molecule has 0 unspecified atom stereocenters. The third-order valence-electron chi connectivity index (χ3n) is 1.36. The highest BCUT2D eigenvalue weighted by molar-refractivity contribution is 5.04. The van der Waals surface area contributed by atoms with E-state index in [9.17, 15) is 0 Å². The molecule has 2 nitrogen and oxygen atoms in total. The minimum absolute atomic E-state index is 0.650. The molecule has 8 heavy (non-hydrogen) atoms. The fraction of sp³-hybridized carbons (Fsp3) is 0.500. The van der Waals surface area contributed by atoms with Gasteiger partial charge in [0.05, 0.1) is 0 Å². The number of hydrogen-bond donors (Lipinski definition) is 0. The molecule has 0 atom stereocenters. The molecule has 0 aromatic carbocycles.